The van der Waals surface area contributed by atoms with E-state index in [0.29, 0.717) is 23.3 Å². The standard InChI is InChI=1S/C58H34N4O.C46H27N3O2/c1-3-16-35(17-4-1)55-59-56(36-18-5-2-6-19-36)61-57(60-55)43-25-15-24-42-46-32-37(30-31-53(46)63-54(42)43)62-51-29-14-10-23-41(51)45-33-44-40-22-9-13-28-49(40)58(50(44)34-52(45)62)47-26-11-7-20-38(47)39-21-8-12-27-48(39)58;1-3-12-28(13-4-1)38-26-39(29-14-5-2-6-15-29)48-46(47-38)34-19-11-18-33-36-24-30(22-23-43(36)51-45(33)34)49-40-20-9-7-16-31(40)35-25-37-32-17-8-10-21-42(32)50-44(37)27-41(35)49/h1-34H;1-27H. The predicted molar refractivity (Wildman–Crippen MR) is 461 cm³/mol. The van der Waals surface area contributed by atoms with Gasteiger partial charge in [-0.3, -0.25) is 0 Å². The van der Waals surface area contributed by atoms with E-state index in [1.807, 2.05) is 115 Å². The summed E-state index contributed by atoms with van der Waals surface area (Å²) in [7, 11) is 0. The SMILES string of the molecule is c1ccc(-c2cc(-c3ccccc3)nc(-c3cccc4c3oc3ccc(-n5c6ccccc6c6cc7c(cc65)oc5ccccc57)cc34)n2)cc1.c1ccc(-c2nc(-c3ccccc3)nc(-c3cccc4c3oc3ccc(-n5c6ccccc6c6cc7c(cc65)C5(c6ccccc6-c6ccccc65)c5ccccc5-7)cc34)n2)cc1. The lowest BCUT2D eigenvalue weighted by molar-refractivity contribution is 0.668. The highest BCUT2D eigenvalue weighted by Crippen LogP contribution is 2.64. The first-order valence-corrected chi connectivity index (χ1v) is 38.5. The van der Waals surface area contributed by atoms with Gasteiger partial charge < -0.3 is 22.4 Å². The predicted octanol–water partition coefficient (Wildman–Crippen LogP) is 26.6. The quantitative estimate of drug-likeness (QED) is 0.148. The summed E-state index contributed by atoms with van der Waals surface area (Å²) < 4.78 is 24.6. The molecule has 2 aliphatic rings. The number of nitrogens with zero attached hydrogens (tertiary/aromatic N) is 7. The topological polar surface area (TPSA) is 114 Å². The van der Waals surface area contributed by atoms with Crippen LogP contribution in [0.1, 0.15) is 22.3 Å². The zero-order valence-electron chi connectivity index (χ0n) is 61.1. The lowest BCUT2D eigenvalue weighted by Gasteiger charge is -2.30. The Hall–Kier alpha value is -15.4. The van der Waals surface area contributed by atoms with E-state index in [2.05, 4.69) is 264 Å². The van der Waals surface area contributed by atoms with Crippen molar-refractivity contribution in [1.82, 2.24) is 34.1 Å². The van der Waals surface area contributed by atoms with Crippen LogP contribution >= 0.6 is 0 Å². The summed E-state index contributed by atoms with van der Waals surface area (Å²) in [6.45, 7) is 0. The molecule has 0 fully saturated rings. The van der Waals surface area contributed by atoms with Crippen LogP contribution in [0.4, 0.5) is 0 Å². The maximum absolute atomic E-state index is 6.79. The summed E-state index contributed by atoms with van der Waals surface area (Å²) in [6.07, 6.45) is 0. The Morgan fingerprint density at radius 3 is 1.11 bits per heavy atom. The Balaban J connectivity index is 0.000000135. The van der Waals surface area contributed by atoms with E-state index in [1.165, 1.54) is 71.6 Å². The Morgan fingerprint density at radius 1 is 0.202 bits per heavy atom. The van der Waals surface area contributed by atoms with Crippen LogP contribution in [0.5, 0.6) is 0 Å². The fourth-order valence-electron chi connectivity index (χ4n) is 18.5. The van der Waals surface area contributed by atoms with Crippen molar-refractivity contribution in [2.45, 2.75) is 5.41 Å². The molecule has 0 N–H and O–H groups in total. The highest BCUT2D eigenvalue weighted by atomic mass is 16.3. The van der Waals surface area contributed by atoms with Gasteiger partial charge >= 0.3 is 0 Å². The molecule has 0 radical (unpaired) electrons. The number of rotatable bonds is 8. The number of aromatic nitrogens is 7. The van der Waals surface area contributed by atoms with E-state index in [-0.39, 0.29) is 0 Å². The van der Waals surface area contributed by atoms with E-state index in [9.17, 15) is 0 Å². The highest BCUT2D eigenvalue weighted by Gasteiger charge is 2.52. The lowest BCUT2D eigenvalue weighted by atomic mass is 9.70. The van der Waals surface area contributed by atoms with Crippen LogP contribution in [-0.4, -0.2) is 34.1 Å². The van der Waals surface area contributed by atoms with Gasteiger partial charge in [0.15, 0.2) is 23.3 Å². The number of hydrogen-bond donors (Lipinski definition) is 0. The molecule has 0 amide bonds. The monoisotopic (exact) mass is 1460 g/mol. The van der Waals surface area contributed by atoms with Gasteiger partial charge in [-0.15, -0.1) is 0 Å². The molecule has 1 spiro atoms. The second-order valence-electron chi connectivity index (χ2n) is 29.6. The van der Waals surface area contributed by atoms with E-state index in [0.717, 1.165) is 139 Å². The molecular formula is C104H61N7O3. The average molecular weight is 1460 g/mol. The largest absolute Gasteiger partial charge is 0.456 e. The van der Waals surface area contributed by atoms with E-state index < -0.39 is 5.41 Å². The Bertz CT molecular complexity index is 7770. The molecule has 23 aromatic rings. The average Bonchev–Trinajstić information content (AvgIpc) is 1.50. The van der Waals surface area contributed by atoms with Gasteiger partial charge in [-0.25, -0.2) is 24.9 Å². The maximum Gasteiger partial charge on any atom is 0.167 e. The van der Waals surface area contributed by atoms with Crippen molar-refractivity contribution in [2.75, 3.05) is 0 Å². The normalized spacial score (nSPS) is 12.6. The smallest absolute Gasteiger partial charge is 0.167 e. The van der Waals surface area contributed by atoms with E-state index in [4.69, 9.17) is 38.2 Å². The third-order valence-electron chi connectivity index (χ3n) is 23.5. The summed E-state index contributed by atoms with van der Waals surface area (Å²) >= 11 is 0. The minimum atomic E-state index is -0.439. The summed E-state index contributed by atoms with van der Waals surface area (Å²) in [5.41, 5.74) is 29.0. The number of benzene rings is 16. The molecule has 7 heterocycles. The van der Waals surface area contributed by atoms with Crippen LogP contribution in [-0.2, 0) is 5.41 Å². The van der Waals surface area contributed by atoms with Crippen molar-refractivity contribution >= 4 is 109 Å². The first kappa shape index (κ1) is 63.5. The van der Waals surface area contributed by atoms with Gasteiger partial charge in [-0.05, 0) is 136 Å². The third kappa shape index (κ3) is 9.52. The van der Waals surface area contributed by atoms with Crippen LogP contribution < -0.4 is 0 Å². The molecule has 16 aromatic carbocycles. The number of furan rings is 3. The number of hydrogen-bond acceptors (Lipinski definition) is 8. The molecule has 0 unspecified atom stereocenters. The molecule has 0 aliphatic heterocycles. The fourth-order valence-corrected chi connectivity index (χ4v) is 18.5. The maximum atomic E-state index is 6.79. The van der Waals surface area contributed by atoms with Gasteiger partial charge in [-0.2, -0.15) is 0 Å². The Kier molecular flexibility index (Phi) is 13.8. The molecule has 10 heteroatoms. The van der Waals surface area contributed by atoms with Gasteiger partial charge in [0.1, 0.15) is 33.5 Å². The summed E-state index contributed by atoms with van der Waals surface area (Å²) in [4.78, 5) is 25.3. The van der Waals surface area contributed by atoms with Gasteiger partial charge in [0.2, 0.25) is 0 Å². The van der Waals surface area contributed by atoms with Gasteiger partial charge in [0.05, 0.1) is 50.0 Å². The molecule has 7 aromatic heterocycles. The Labute approximate surface area is 652 Å². The minimum Gasteiger partial charge on any atom is -0.456 e. The molecule has 10 nitrogen and oxygen atoms in total. The zero-order chi connectivity index (χ0) is 74.7. The van der Waals surface area contributed by atoms with Crippen molar-refractivity contribution in [1.29, 1.82) is 0 Å². The fraction of sp³-hybridized carbons (Fsp3) is 0.00962. The van der Waals surface area contributed by atoms with Crippen molar-refractivity contribution < 1.29 is 13.3 Å². The summed E-state index contributed by atoms with van der Waals surface area (Å²) in [5.74, 6) is 2.41. The molecule has 0 atom stereocenters. The van der Waals surface area contributed by atoms with Gasteiger partial charge in [0, 0.05) is 93.6 Å². The van der Waals surface area contributed by atoms with E-state index >= 15 is 0 Å². The molecule has 25 rings (SSSR count). The molecule has 114 heavy (non-hydrogen) atoms. The van der Waals surface area contributed by atoms with Crippen LogP contribution in [0.3, 0.4) is 0 Å². The van der Waals surface area contributed by atoms with Crippen molar-refractivity contribution in [3.63, 3.8) is 0 Å². The summed E-state index contributed by atoms with van der Waals surface area (Å²) in [5, 5.41) is 11.2. The van der Waals surface area contributed by atoms with Gasteiger partial charge in [-0.1, -0.05) is 273 Å². The number of para-hydroxylation sites is 5. The van der Waals surface area contributed by atoms with Gasteiger partial charge in [0.25, 0.3) is 0 Å². The third-order valence-corrected chi connectivity index (χ3v) is 23.5. The van der Waals surface area contributed by atoms with Crippen molar-refractivity contribution in [2.24, 2.45) is 0 Å². The second kappa shape index (κ2) is 24.8. The summed E-state index contributed by atoms with van der Waals surface area (Å²) in [6, 6.07) is 130. The number of fused-ring (bicyclic) bond motifs is 25. The van der Waals surface area contributed by atoms with Crippen molar-refractivity contribution in [3.8, 4) is 102 Å². The minimum absolute atomic E-state index is 0.439. The molecule has 2 aliphatic carbocycles. The van der Waals surface area contributed by atoms with Crippen molar-refractivity contribution in [3.05, 3.63) is 392 Å². The zero-order valence-corrected chi connectivity index (χ0v) is 61.1. The highest BCUT2D eigenvalue weighted by molar-refractivity contribution is 6.19. The molecular weight excluding hydrogens is 1400 g/mol. The molecule has 0 saturated carbocycles. The first-order valence-electron chi connectivity index (χ1n) is 38.5. The molecule has 530 valence electrons. The van der Waals surface area contributed by atoms with E-state index in [1.54, 1.807) is 0 Å². The molecule has 0 bridgehead atoms. The van der Waals surface area contributed by atoms with Crippen LogP contribution in [0.15, 0.2) is 383 Å². The molecule has 0 saturated heterocycles. The Morgan fingerprint density at radius 2 is 0.588 bits per heavy atom. The van der Waals surface area contributed by atoms with Crippen LogP contribution in [0, 0.1) is 0 Å². The van der Waals surface area contributed by atoms with Crippen LogP contribution in [0.25, 0.3) is 211 Å². The lowest BCUT2D eigenvalue weighted by Crippen LogP contribution is -2.25. The van der Waals surface area contributed by atoms with Crippen LogP contribution in [0.2, 0.25) is 0 Å². The first-order chi connectivity index (χ1) is 56.5. The second-order valence-corrected chi connectivity index (χ2v) is 29.6.